The fourth-order valence-corrected chi connectivity index (χ4v) is 4.65. The molecule has 2 aromatic rings. The van der Waals surface area contributed by atoms with Gasteiger partial charge in [0.05, 0.1) is 43.6 Å². The van der Waals surface area contributed by atoms with Crippen molar-refractivity contribution in [1.82, 2.24) is 0 Å². The molecule has 166 valence electrons. The molecular weight excluding hydrogens is 434 g/mol. The van der Waals surface area contributed by atoms with Crippen molar-refractivity contribution in [1.29, 1.82) is 0 Å². The first kappa shape index (κ1) is 22.3. The van der Waals surface area contributed by atoms with Crippen LogP contribution in [0.2, 0.25) is 5.02 Å². The molecule has 1 N–H and O–H groups in total. The lowest BCUT2D eigenvalue weighted by Gasteiger charge is -2.33. The number of anilines is 3. The maximum Gasteiger partial charge on any atom is 0.234 e. The Balaban J connectivity index is 1.41. The molecule has 2 aliphatic rings. The van der Waals surface area contributed by atoms with E-state index in [1.807, 2.05) is 30.3 Å². The van der Waals surface area contributed by atoms with Crippen LogP contribution in [-0.2, 0) is 20.0 Å². The van der Waals surface area contributed by atoms with Crippen molar-refractivity contribution < 1.29 is 14.3 Å². The molecule has 2 aromatic carbocycles. The number of thioether (sulfide) groups is 1. The minimum absolute atomic E-state index is 0.00703. The summed E-state index contributed by atoms with van der Waals surface area (Å²) >= 11 is 7.53. The molecule has 0 radical (unpaired) electrons. The summed E-state index contributed by atoms with van der Waals surface area (Å²) in [5.41, 5.74) is 4.24. The number of hydrogen-bond acceptors (Lipinski definition) is 6. The van der Waals surface area contributed by atoms with Crippen molar-refractivity contribution in [3.8, 4) is 0 Å². The maximum atomic E-state index is 12.7. The van der Waals surface area contributed by atoms with Crippen molar-refractivity contribution in [2.75, 3.05) is 73.5 Å². The van der Waals surface area contributed by atoms with Gasteiger partial charge in [-0.05, 0) is 35.9 Å². The summed E-state index contributed by atoms with van der Waals surface area (Å²) in [5.74, 6) is 1.18. The van der Waals surface area contributed by atoms with Crippen LogP contribution < -0.4 is 15.1 Å². The van der Waals surface area contributed by atoms with Crippen LogP contribution in [-0.4, -0.2) is 64.3 Å². The second-order valence-corrected chi connectivity index (χ2v) is 8.99. The van der Waals surface area contributed by atoms with Gasteiger partial charge < -0.3 is 24.6 Å². The quantitative estimate of drug-likeness (QED) is 0.675. The average Bonchev–Trinajstić information content (AvgIpc) is 2.82. The van der Waals surface area contributed by atoms with Gasteiger partial charge in [0.15, 0.2) is 0 Å². The largest absolute Gasteiger partial charge is 0.378 e. The minimum atomic E-state index is 0.00703. The number of carbonyl (C=O) groups is 1. The highest BCUT2D eigenvalue weighted by Crippen LogP contribution is 2.32. The third kappa shape index (κ3) is 6.29. The summed E-state index contributed by atoms with van der Waals surface area (Å²) < 4.78 is 11.0. The first-order chi connectivity index (χ1) is 15.2. The molecule has 0 unspecified atom stereocenters. The summed E-state index contributed by atoms with van der Waals surface area (Å²) in [5, 5.41) is 3.85. The Labute approximate surface area is 192 Å². The van der Waals surface area contributed by atoms with Gasteiger partial charge in [-0.2, -0.15) is 0 Å². The Hall–Kier alpha value is -1.93. The van der Waals surface area contributed by atoms with Crippen molar-refractivity contribution in [2.24, 2.45) is 0 Å². The fourth-order valence-electron chi connectivity index (χ4n) is 3.74. The van der Waals surface area contributed by atoms with Crippen LogP contribution in [0.4, 0.5) is 17.1 Å². The van der Waals surface area contributed by atoms with Crippen molar-refractivity contribution in [3.05, 3.63) is 53.1 Å². The number of amides is 1. The van der Waals surface area contributed by atoms with Gasteiger partial charge in [-0.1, -0.05) is 23.7 Å². The molecule has 0 atom stereocenters. The summed E-state index contributed by atoms with van der Waals surface area (Å²) in [7, 11) is 0. The van der Waals surface area contributed by atoms with Crippen molar-refractivity contribution in [3.63, 3.8) is 0 Å². The molecule has 6 nitrogen and oxygen atoms in total. The summed E-state index contributed by atoms with van der Waals surface area (Å²) in [6.07, 6.45) is 0. The van der Waals surface area contributed by atoms with E-state index in [0.717, 1.165) is 67.1 Å². The van der Waals surface area contributed by atoms with Gasteiger partial charge in [-0.3, -0.25) is 4.79 Å². The van der Waals surface area contributed by atoms with Gasteiger partial charge in [0.1, 0.15) is 0 Å². The number of halogens is 1. The zero-order valence-electron chi connectivity index (χ0n) is 17.5. The van der Waals surface area contributed by atoms with Crippen LogP contribution in [0.15, 0.2) is 42.5 Å². The monoisotopic (exact) mass is 461 g/mol. The van der Waals surface area contributed by atoms with Gasteiger partial charge in [-0.15, -0.1) is 11.8 Å². The Bertz CT molecular complexity index is 869. The SMILES string of the molecule is O=C(CSCc1ccc(Cl)cc1)Nc1ccc(N2CCOCC2)cc1N1CCOCC1. The number of morpholine rings is 2. The zero-order valence-corrected chi connectivity index (χ0v) is 19.1. The van der Waals surface area contributed by atoms with E-state index in [0.29, 0.717) is 19.0 Å². The minimum Gasteiger partial charge on any atom is -0.378 e. The molecule has 0 spiro atoms. The summed E-state index contributed by atoms with van der Waals surface area (Å²) in [6.45, 7) is 6.30. The third-order valence-electron chi connectivity index (χ3n) is 5.40. The molecular formula is C23H28ClN3O3S. The smallest absolute Gasteiger partial charge is 0.234 e. The topological polar surface area (TPSA) is 54.0 Å². The molecule has 2 saturated heterocycles. The van der Waals surface area contributed by atoms with Crippen LogP contribution in [0, 0.1) is 0 Å². The van der Waals surface area contributed by atoms with Gasteiger partial charge in [-0.25, -0.2) is 0 Å². The molecule has 0 aromatic heterocycles. The predicted octanol–water partition coefficient (Wildman–Crippen LogP) is 3.89. The first-order valence-corrected chi connectivity index (χ1v) is 12.1. The van der Waals surface area contributed by atoms with E-state index in [9.17, 15) is 4.79 Å². The molecule has 0 bridgehead atoms. The van der Waals surface area contributed by atoms with E-state index in [1.54, 1.807) is 11.8 Å². The number of nitrogens with zero attached hydrogens (tertiary/aromatic N) is 2. The lowest BCUT2D eigenvalue weighted by Crippen LogP contribution is -2.38. The standard InChI is InChI=1S/C23H28ClN3O3S/c24-19-3-1-18(2-4-19)16-31-17-23(28)25-21-6-5-20(26-7-11-29-12-8-26)15-22(21)27-9-13-30-14-10-27/h1-6,15H,7-14,16-17H2,(H,25,28). The molecule has 0 saturated carbocycles. The van der Waals surface area contributed by atoms with Crippen LogP contribution >= 0.6 is 23.4 Å². The van der Waals surface area contributed by atoms with Crippen LogP contribution in [0.25, 0.3) is 0 Å². The fraction of sp³-hybridized carbons (Fsp3) is 0.435. The predicted molar refractivity (Wildman–Crippen MR) is 129 cm³/mol. The van der Waals surface area contributed by atoms with Crippen LogP contribution in [0.5, 0.6) is 0 Å². The van der Waals surface area contributed by atoms with Gasteiger partial charge in [0.25, 0.3) is 0 Å². The number of hydrogen-bond donors (Lipinski definition) is 1. The number of carbonyl (C=O) groups excluding carboxylic acids is 1. The van der Waals surface area contributed by atoms with Gasteiger partial charge in [0, 0.05) is 42.6 Å². The van der Waals surface area contributed by atoms with Crippen molar-refractivity contribution in [2.45, 2.75) is 5.75 Å². The molecule has 8 heteroatoms. The molecule has 4 rings (SSSR count). The summed E-state index contributed by atoms with van der Waals surface area (Å²) in [6, 6.07) is 14.0. The second kappa shape index (κ2) is 11.1. The maximum absolute atomic E-state index is 12.7. The number of benzene rings is 2. The van der Waals surface area contributed by atoms with Crippen molar-refractivity contribution >= 4 is 46.3 Å². The normalized spacial score (nSPS) is 16.9. The number of ether oxygens (including phenoxy) is 2. The lowest BCUT2D eigenvalue weighted by atomic mass is 10.1. The Kier molecular flexibility index (Phi) is 7.97. The Morgan fingerprint density at radius 2 is 1.58 bits per heavy atom. The third-order valence-corrected chi connectivity index (χ3v) is 6.65. The van der Waals surface area contributed by atoms with E-state index < -0.39 is 0 Å². The highest BCUT2D eigenvalue weighted by molar-refractivity contribution is 7.99. The van der Waals surface area contributed by atoms with Gasteiger partial charge >= 0.3 is 0 Å². The first-order valence-electron chi connectivity index (χ1n) is 10.6. The molecule has 1 amide bonds. The molecule has 0 aliphatic carbocycles. The molecule has 2 fully saturated rings. The van der Waals surface area contributed by atoms with Gasteiger partial charge in [0.2, 0.25) is 5.91 Å². The number of rotatable bonds is 7. The summed E-state index contributed by atoms with van der Waals surface area (Å²) in [4.78, 5) is 17.3. The zero-order chi connectivity index (χ0) is 21.5. The Morgan fingerprint density at radius 1 is 0.935 bits per heavy atom. The second-order valence-electron chi connectivity index (χ2n) is 7.57. The van der Waals surface area contributed by atoms with Crippen LogP contribution in [0.1, 0.15) is 5.56 Å². The average molecular weight is 462 g/mol. The number of nitrogens with one attached hydrogen (secondary N) is 1. The highest BCUT2D eigenvalue weighted by atomic mass is 35.5. The highest BCUT2D eigenvalue weighted by Gasteiger charge is 2.19. The lowest BCUT2D eigenvalue weighted by molar-refractivity contribution is -0.113. The van der Waals surface area contributed by atoms with E-state index in [4.69, 9.17) is 21.1 Å². The van der Waals surface area contributed by atoms with E-state index in [-0.39, 0.29) is 5.91 Å². The molecule has 31 heavy (non-hydrogen) atoms. The molecule has 2 heterocycles. The Morgan fingerprint density at radius 3 is 2.26 bits per heavy atom. The molecule has 2 aliphatic heterocycles. The van der Waals surface area contributed by atoms with E-state index in [1.165, 1.54) is 5.69 Å². The van der Waals surface area contributed by atoms with E-state index in [2.05, 4.69) is 27.2 Å². The van der Waals surface area contributed by atoms with Crippen LogP contribution in [0.3, 0.4) is 0 Å². The van der Waals surface area contributed by atoms with E-state index >= 15 is 0 Å².